The summed E-state index contributed by atoms with van der Waals surface area (Å²) in [5.41, 5.74) is 1.74. The third kappa shape index (κ3) is 6.01. The van der Waals surface area contributed by atoms with Crippen LogP contribution in [0.4, 0.5) is 4.79 Å². The molecule has 1 aliphatic heterocycles. The highest BCUT2D eigenvalue weighted by atomic mass is 35.5. The molecule has 0 bridgehead atoms. The lowest BCUT2D eigenvalue weighted by atomic mass is 9.86. The maximum Gasteiger partial charge on any atom is 0.410 e. The molecule has 34 heavy (non-hydrogen) atoms. The molecule has 1 aromatic carbocycles. The van der Waals surface area contributed by atoms with Crippen molar-refractivity contribution in [3.63, 3.8) is 0 Å². The number of hydrogen-bond donors (Lipinski definition) is 2. The van der Waals surface area contributed by atoms with E-state index in [0.29, 0.717) is 66.5 Å². The predicted octanol–water partition coefficient (Wildman–Crippen LogP) is 4.11. The molecule has 182 valence electrons. The highest BCUT2D eigenvalue weighted by Gasteiger charge is 2.28. The summed E-state index contributed by atoms with van der Waals surface area (Å²) in [5, 5.41) is 17.5. The van der Waals surface area contributed by atoms with Crippen LogP contribution in [-0.2, 0) is 29.2 Å². The van der Waals surface area contributed by atoms with Gasteiger partial charge in [-0.25, -0.2) is 4.79 Å². The fraction of sp³-hybridized carbons (Fsp3) is 0.478. The fourth-order valence-electron chi connectivity index (χ4n) is 4.40. The van der Waals surface area contributed by atoms with Gasteiger partial charge in [-0.2, -0.15) is 5.10 Å². The van der Waals surface area contributed by atoms with Gasteiger partial charge in [0.05, 0.1) is 18.2 Å². The summed E-state index contributed by atoms with van der Waals surface area (Å²) in [6.07, 6.45) is 2.58. The number of nitrogens with zero attached hydrogens (tertiary/aromatic N) is 3. The third-order valence-electron chi connectivity index (χ3n) is 6.20. The molecule has 2 amide bonds. The maximum absolute atomic E-state index is 12.7. The second-order valence-corrected chi connectivity index (χ2v) is 9.58. The molecular weight excluding hydrogens is 483 g/mol. The lowest BCUT2D eigenvalue weighted by molar-refractivity contribution is -0.142. The van der Waals surface area contributed by atoms with Gasteiger partial charge < -0.3 is 20.1 Å². The molecular formula is C23H26Cl2N4O5. The normalized spacial score (nSPS) is 20.2. The molecule has 11 heteroatoms. The first-order chi connectivity index (χ1) is 16.3. The van der Waals surface area contributed by atoms with Gasteiger partial charge in [0, 0.05) is 29.2 Å². The minimum Gasteiger partial charge on any atom is -0.481 e. The van der Waals surface area contributed by atoms with Crippen LogP contribution >= 0.6 is 23.2 Å². The lowest BCUT2D eigenvalue weighted by Crippen LogP contribution is -2.39. The van der Waals surface area contributed by atoms with Crippen LogP contribution in [0.25, 0.3) is 0 Å². The molecule has 1 aliphatic carbocycles. The third-order valence-corrected chi connectivity index (χ3v) is 6.64. The second-order valence-electron chi connectivity index (χ2n) is 8.71. The number of nitrogens with one attached hydrogen (secondary N) is 1. The van der Waals surface area contributed by atoms with E-state index in [0.717, 1.165) is 5.69 Å². The standard InChI is InChI=1S/C23H26Cl2N4O5/c24-16-8-14(9-17(25)10-16)13-34-23(33)28-6-1-7-29-19(12-28)11-20(27-29)21(30)26-18-4-2-15(3-5-18)22(31)32/h8-11,15,18H,1-7,12-13H2,(H,26,30)(H,31,32)/t15-,18+. The van der Waals surface area contributed by atoms with Crippen molar-refractivity contribution in [3.05, 3.63) is 51.3 Å². The largest absolute Gasteiger partial charge is 0.481 e. The first kappa shape index (κ1) is 24.3. The van der Waals surface area contributed by atoms with Crippen LogP contribution in [0.1, 0.15) is 53.8 Å². The van der Waals surface area contributed by atoms with Gasteiger partial charge in [0.2, 0.25) is 0 Å². The van der Waals surface area contributed by atoms with Gasteiger partial charge in [-0.05, 0) is 61.9 Å². The highest BCUT2D eigenvalue weighted by Crippen LogP contribution is 2.25. The van der Waals surface area contributed by atoms with Crippen LogP contribution in [0.15, 0.2) is 24.3 Å². The van der Waals surface area contributed by atoms with Crippen molar-refractivity contribution in [3.8, 4) is 0 Å². The molecule has 4 rings (SSSR count). The molecule has 0 radical (unpaired) electrons. The zero-order chi connectivity index (χ0) is 24.2. The van der Waals surface area contributed by atoms with Crippen molar-refractivity contribution >= 4 is 41.2 Å². The number of carboxylic acid groups (broad SMARTS) is 1. The summed E-state index contributed by atoms with van der Waals surface area (Å²) in [6.45, 7) is 1.42. The molecule has 9 nitrogen and oxygen atoms in total. The number of aryl methyl sites for hydroxylation is 1. The van der Waals surface area contributed by atoms with E-state index in [2.05, 4.69) is 10.4 Å². The molecule has 0 unspecified atom stereocenters. The number of halogens is 2. The minimum atomic E-state index is -0.776. The van der Waals surface area contributed by atoms with Crippen molar-refractivity contribution in [1.82, 2.24) is 20.0 Å². The first-order valence-corrected chi connectivity index (χ1v) is 12.0. The molecule has 2 heterocycles. The highest BCUT2D eigenvalue weighted by molar-refractivity contribution is 6.34. The quantitative estimate of drug-likeness (QED) is 0.628. The summed E-state index contributed by atoms with van der Waals surface area (Å²) in [7, 11) is 0. The number of carbonyl (C=O) groups excluding carboxylic acids is 2. The fourth-order valence-corrected chi connectivity index (χ4v) is 4.97. The Hall–Kier alpha value is -2.78. The van der Waals surface area contributed by atoms with Gasteiger partial charge in [-0.3, -0.25) is 14.3 Å². The van der Waals surface area contributed by atoms with Crippen LogP contribution in [-0.4, -0.2) is 50.3 Å². The SMILES string of the molecule is O=C(N[C@H]1CC[C@@H](C(=O)O)CC1)c1cc2n(n1)CCCN(C(=O)OCc1cc(Cl)cc(Cl)c1)C2. The number of carboxylic acids is 1. The zero-order valence-electron chi connectivity index (χ0n) is 18.5. The number of hydrogen-bond acceptors (Lipinski definition) is 5. The molecule has 0 spiro atoms. The van der Waals surface area contributed by atoms with E-state index in [1.54, 1.807) is 33.8 Å². The van der Waals surface area contributed by atoms with Gasteiger partial charge in [0.25, 0.3) is 5.91 Å². The van der Waals surface area contributed by atoms with Crippen molar-refractivity contribution < 1.29 is 24.2 Å². The van der Waals surface area contributed by atoms with E-state index in [4.69, 9.17) is 33.0 Å². The van der Waals surface area contributed by atoms with E-state index in [-0.39, 0.29) is 31.0 Å². The van der Waals surface area contributed by atoms with Crippen molar-refractivity contribution in [1.29, 1.82) is 0 Å². The zero-order valence-corrected chi connectivity index (χ0v) is 20.0. The molecule has 0 saturated heterocycles. The Balaban J connectivity index is 1.34. The molecule has 1 saturated carbocycles. The molecule has 0 atom stereocenters. The summed E-state index contributed by atoms with van der Waals surface area (Å²) < 4.78 is 7.20. The van der Waals surface area contributed by atoms with Gasteiger partial charge in [0.15, 0.2) is 5.69 Å². The number of aromatic nitrogens is 2. The predicted molar refractivity (Wildman–Crippen MR) is 125 cm³/mol. The number of carbonyl (C=O) groups is 3. The Morgan fingerprint density at radius 2 is 1.76 bits per heavy atom. The van der Waals surface area contributed by atoms with Crippen LogP contribution < -0.4 is 5.32 Å². The van der Waals surface area contributed by atoms with Crippen molar-refractivity contribution in [2.75, 3.05) is 6.54 Å². The Bertz CT molecular complexity index is 1060. The van der Waals surface area contributed by atoms with Crippen LogP contribution in [0.3, 0.4) is 0 Å². The topological polar surface area (TPSA) is 114 Å². The van der Waals surface area contributed by atoms with Gasteiger partial charge in [-0.1, -0.05) is 23.2 Å². The Labute approximate surface area is 207 Å². The van der Waals surface area contributed by atoms with Crippen molar-refractivity contribution in [2.45, 2.75) is 57.8 Å². The number of ether oxygens (including phenoxy) is 1. The Kier molecular flexibility index (Phi) is 7.63. The lowest BCUT2D eigenvalue weighted by Gasteiger charge is -2.26. The Morgan fingerprint density at radius 1 is 1.06 bits per heavy atom. The number of benzene rings is 1. The summed E-state index contributed by atoms with van der Waals surface area (Å²) in [6, 6.07) is 6.63. The Morgan fingerprint density at radius 3 is 2.44 bits per heavy atom. The van der Waals surface area contributed by atoms with E-state index >= 15 is 0 Å². The molecule has 1 aromatic heterocycles. The van der Waals surface area contributed by atoms with Gasteiger partial charge >= 0.3 is 12.1 Å². The first-order valence-electron chi connectivity index (χ1n) is 11.3. The van der Waals surface area contributed by atoms with Crippen LogP contribution in [0.2, 0.25) is 10.0 Å². The minimum absolute atomic E-state index is 0.0483. The number of rotatable bonds is 5. The van der Waals surface area contributed by atoms with Crippen molar-refractivity contribution in [2.24, 2.45) is 5.92 Å². The molecule has 2 aliphatic rings. The van der Waals surface area contributed by atoms with Crippen LogP contribution in [0.5, 0.6) is 0 Å². The molecule has 2 aromatic rings. The van der Waals surface area contributed by atoms with Gasteiger partial charge in [0.1, 0.15) is 6.61 Å². The van der Waals surface area contributed by atoms with E-state index in [1.165, 1.54) is 0 Å². The summed E-state index contributed by atoms with van der Waals surface area (Å²) >= 11 is 12.0. The monoisotopic (exact) mass is 508 g/mol. The van der Waals surface area contributed by atoms with E-state index < -0.39 is 12.1 Å². The average Bonchev–Trinajstić information content (AvgIpc) is 3.09. The smallest absolute Gasteiger partial charge is 0.410 e. The summed E-state index contributed by atoms with van der Waals surface area (Å²) in [4.78, 5) is 38.1. The second kappa shape index (κ2) is 10.7. The number of amides is 2. The maximum atomic E-state index is 12.7. The molecule has 1 fully saturated rings. The van der Waals surface area contributed by atoms with Gasteiger partial charge in [-0.15, -0.1) is 0 Å². The van der Waals surface area contributed by atoms with Crippen LogP contribution in [0, 0.1) is 5.92 Å². The number of fused-ring (bicyclic) bond motifs is 1. The van der Waals surface area contributed by atoms with E-state index in [1.807, 2.05) is 0 Å². The molecule has 2 N–H and O–H groups in total. The average molecular weight is 509 g/mol. The van der Waals surface area contributed by atoms with E-state index in [9.17, 15) is 14.4 Å². The number of aliphatic carboxylic acids is 1. The summed E-state index contributed by atoms with van der Waals surface area (Å²) in [5.74, 6) is -1.40.